The zero-order valence-corrected chi connectivity index (χ0v) is 7.61. The highest BCUT2D eigenvalue weighted by Gasteiger charge is 2.15. The van der Waals surface area contributed by atoms with Crippen LogP contribution in [0.1, 0.15) is 11.8 Å². The molecule has 0 saturated heterocycles. The molecule has 1 atom stereocenters. The molecule has 5 nitrogen and oxygen atoms in total. The number of nitrogens with two attached hydrogens (primary N) is 1. The molecular formula is C5H9BrN4O. The van der Waals surface area contributed by atoms with Crippen LogP contribution in [0, 0.1) is 0 Å². The van der Waals surface area contributed by atoms with Gasteiger partial charge in [0, 0.05) is 13.6 Å². The lowest BCUT2D eigenvalue weighted by Crippen LogP contribution is -2.15. The first-order valence-electron chi connectivity index (χ1n) is 3.10. The molecule has 62 valence electrons. The Morgan fingerprint density at radius 2 is 2.45 bits per heavy atom. The second-order valence-corrected chi connectivity index (χ2v) is 2.89. The molecule has 3 N–H and O–H groups in total. The molecule has 0 fully saturated rings. The Kier molecular flexibility index (Phi) is 2.58. The van der Waals surface area contributed by atoms with E-state index in [1.165, 1.54) is 4.68 Å². The largest absolute Gasteiger partial charge is 0.385 e. The fourth-order valence-corrected chi connectivity index (χ4v) is 1.40. The number of aromatic nitrogens is 3. The molecule has 6 heteroatoms. The number of aryl methyl sites for hydroxylation is 1. The molecule has 0 amide bonds. The number of aliphatic hydroxyl groups excluding tert-OH is 1. The Morgan fingerprint density at radius 1 is 1.82 bits per heavy atom. The van der Waals surface area contributed by atoms with Crippen LogP contribution in [0.25, 0.3) is 0 Å². The van der Waals surface area contributed by atoms with Gasteiger partial charge in [0.1, 0.15) is 11.8 Å². The average Bonchev–Trinajstić information content (AvgIpc) is 2.30. The third kappa shape index (κ3) is 1.58. The highest BCUT2D eigenvalue weighted by molar-refractivity contribution is 9.10. The molecule has 1 aromatic rings. The third-order valence-corrected chi connectivity index (χ3v) is 1.93. The van der Waals surface area contributed by atoms with Crippen molar-refractivity contribution in [1.29, 1.82) is 0 Å². The normalized spacial score (nSPS) is 13.5. The van der Waals surface area contributed by atoms with E-state index in [-0.39, 0.29) is 6.54 Å². The molecule has 0 aromatic carbocycles. The predicted molar refractivity (Wildman–Crippen MR) is 42.7 cm³/mol. The molecule has 0 spiro atoms. The van der Waals surface area contributed by atoms with Crippen molar-refractivity contribution in [1.82, 2.24) is 15.0 Å². The van der Waals surface area contributed by atoms with E-state index in [9.17, 15) is 5.11 Å². The lowest BCUT2D eigenvalue weighted by atomic mass is 10.3. The van der Waals surface area contributed by atoms with Crippen molar-refractivity contribution in [3.05, 3.63) is 10.3 Å². The summed E-state index contributed by atoms with van der Waals surface area (Å²) in [6.07, 6.45) is -0.704. The topological polar surface area (TPSA) is 77.0 Å². The number of rotatable bonds is 2. The van der Waals surface area contributed by atoms with Crippen LogP contribution >= 0.6 is 15.9 Å². The van der Waals surface area contributed by atoms with E-state index in [4.69, 9.17) is 5.73 Å². The maximum absolute atomic E-state index is 9.32. The van der Waals surface area contributed by atoms with Gasteiger partial charge in [-0.05, 0) is 15.9 Å². The molecule has 1 heterocycles. The van der Waals surface area contributed by atoms with Gasteiger partial charge in [0.25, 0.3) is 0 Å². The molecule has 11 heavy (non-hydrogen) atoms. The minimum atomic E-state index is -0.704. The van der Waals surface area contributed by atoms with Crippen molar-refractivity contribution in [3.8, 4) is 0 Å². The van der Waals surface area contributed by atoms with Gasteiger partial charge in [0.2, 0.25) is 0 Å². The number of halogens is 1. The molecule has 1 rings (SSSR count). The van der Waals surface area contributed by atoms with Crippen LogP contribution in [-0.4, -0.2) is 26.6 Å². The summed E-state index contributed by atoms with van der Waals surface area (Å²) in [5.74, 6) is 0. The van der Waals surface area contributed by atoms with E-state index in [0.717, 1.165) is 0 Å². The lowest BCUT2D eigenvalue weighted by molar-refractivity contribution is 0.176. The first-order chi connectivity index (χ1) is 5.16. The Balaban J connectivity index is 3.00. The predicted octanol–water partition coefficient (Wildman–Crippen LogP) is -0.430. The van der Waals surface area contributed by atoms with Crippen molar-refractivity contribution >= 4 is 15.9 Å². The van der Waals surface area contributed by atoms with E-state index < -0.39 is 6.10 Å². The standard InChI is InChI=1S/C5H9BrN4O/c1-10-4(3(11)2-7)5(6)8-9-10/h3,11H,2,7H2,1H3. The zero-order valence-electron chi connectivity index (χ0n) is 6.03. The smallest absolute Gasteiger partial charge is 0.154 e. The molecule has 1 unspecified atom stereocenters. The number of hydrogen-bond donors (Lipinski definition) is 2. The first-order valence-corrected chi connectivity index (χ1v) is 3.89. The van der Waals surface area contributed by atoms with Crippen LogP contribution in [0.3, 0.4) is 0 Å². The molecule has 0 bridgehead atoms. The van der Waals surface area contributed by atoms with Gasteiger partial charge in [-0.1, -0.05) is 5.21 Å². The molecular weight excluding hydrogens is 212 g/mol. The van der Waals surface area contributed by atoms with Crippen LogP contribution in [0.2, 0.25) is 0 Å². The van der Waals surface area contributed by atoms with Crippen molar-refractivity contribution in [2.45, 2.75) is 6.10 Å². The van der Waals surface area contributed by atoms with E-state index in [1.807, 2.05) is 0 Å². The summed E-state index contributed by atoms with van der Waals surface area (Å²) in [6.45, 7) is 0.166. The molecule has 0 saturated carbocycles. The van der Waals surface area contributed by atoms with E-state index in [0.29, 0.717) is 10.3 Å². The van der Waals surface area contributed by atoms with Crippen molar-refractivity contribution in [2.24, 2.45) is 12.8 Å². The molecule has 0 aliphatic rings. The Morgan fingerprint density at radius 3 is 2.82 bits per heavy atom. The summed E-state index contributed by atoms with van der Waals surface area (Å²) in [6, 6.07) is 0. The number of hydrogen-bond acceptors (Lipinski definition) is 4. The van der Waals surface area contributed by atoms with Gasteiger partial charge >= 0.3 is 0 Å². The van der Waals surface area contributed by atoms with Crippen LogP contribution in [0.4, 0.5) is 0 Å². The Labute approximate surface area is 72.3 Å². The van der Waals surface area contributed by atoms with Gasteiger partial charge < -0.3 is 10.8 Å². The second-order valence-electron chi connectivity index (χ2n) is 2.14. The third-order valence-electron chi connectivity index (χ3n) is 1.37. The molecule has 0 aliphatic heterocycles. The summed E-state index contributed by atoms with van der Waals surface area (Å²) >= 11 is 3.15. The maximum Gasteiger partial charge on any atom is 0.154 e. The van der Waals surface area contributed by atoms with Gasteiger partial charge in [0.15, 0.2) is 4.60 Å². The Hall–Kier alpha value is -0.460. The summed E-state index contributed by atoms with van der Waals surface area (Å²) in [7, 11) is 1.70. The van der Waals surface area contributed by atoms with Gasteiger partial charge in [-0.3, -0.25) is 0 Å². The molecule has 0 aliphatic carbocycles. The maximum atomic E-state index is 9.32. The minimum absolute atomic E-state index is 0.166. The number of aliphatic hydroxyl groups is 1. The highest BCUT2D eigenvalue weighted by atomic mass is 79.9. The molecule has 0 radical (unpaired) electrons. The average molecular weight is 221 g/mol. The van der Waals surface area contributed by atoms with Gasteiger partial charge in [-0.15, -0.1) is 5.10 Å². The van der Waals surface area contributed by atoms with Crippen LogP contribution < -0.4 is 5.73 Å². The van der Waals surface area contributed by atoms with Crippen molar-refractivity contribution in [3.63, 3.8) is 0 Å². The zero-order chi connectivity index (χ0) is 8.43. The van der Waals surface area contributed by atoms with Gasteiger partial charge in [0.05, 0.1) is 0 Å². The van der Waals surface area contributed by atoms with Gasteiger partial charge in [-0.25, -0.2) is 4.68 Å². The fourth-order valence-electron chi connectivity index (χ4n) is 0.804. The van der Waals surface area contributed by atoms with Crippen LogP contribution in [0.5, 0.6) is 0 Å². The highest BCUT2D eigenvalue weighted by Crippen LogP contribution is 2.18. The van der Waals surface area contributed by atoms with Crippen LogP contribution in [0.15, 0.2) is 4.60 Å². The van der Waals surface area contributed by atoms with E-state index in [2.05, 4.69) is 26.2 Å². The van der Waals surface area contributed by atoms with Gasteiger partial charge in [-0.2, -0.15) is 0 Å². The van der Waals surface area contributed by atoms with E-state index >= 15 is 0 Å². The summed E-state index contributed by atoms with van der Waals surface area (Å²) in [5, 5.41) is 16.7. The monoisotopic (exact) mass is 220 g/mol. The van der Waals surface area contributed by atoms with Crippen molar-refractivity contribution < 1.29 is 5.11 Å². The Bertz CT molecular complexity index is 229. The number of nitrogens with zero attached hydrogens (tertiary/aromatic N) is 3. The quantitative estimate of drug-likeness (QED) is 0.710. The SMILES string of the molecule is Cn1nnc(Br)c1C(O)CN. The van der Waals surface area contributed by atoms with Crippen LogP contribution in [-0.2, 0) is 7.05 Å². The molecule has 1 aromatic heterocycles. The first kappa shape index (κ1) is 8.63. The van der Waals surface area contributed by atoms with Crippen molar-refractivity contribution in [2.75, 3.05) is 6.54 Å². The minimum Gasteiger partial charge on any atom is -0.385 e. The second kappa shape index (κ2) is 3.29. The summed E-state index contributed by atoms with van der Waals surface area (Å²) in [5.41, 5.74) is 5.87. The summed E-state index contributed by atoms with van der Waals surface area (Å²) in [4.78, 5) is 0. The fraction of sp³-hybridized carbons (Fsp3) is 0.600. The lowest BCUT2D eigenvalue weighted by Gasteiger charge is -2.06. The van der Waals surface area contributed by atoms with E-state index in [1.54, 1.807) is 7.05 Å². The summed E-state index contributed by atoms with van der Waals surface area (Å²) < 4.78 is 2.03.